The molecule has 0 aliphatic heterocycles. The second-order valence-corrected chi connectivity index (χ2v) is 3.79. The van der Waals surface area contributed by atoms with Crippen LogP contribution in [0.1, 0.15) is 30.1 Å². The number of carbonyl (C=O) groups is 2. The summed E-state index contributed by atoms with van der Waals surface area (Å²) in [5.41, 5.74) is 0.0371. The molecule has 0 saturated carbocycles. The zero-order valence-electron chi connectivity index (χ0n) is 10.5. The Kier molecular flexibility index (Phi) is 5.92. The minimum atomic E-state index is -1.07. The van der Waals surface area contributed by atoms with Crippen LogP contribution >= 0.6 is 0 Å². The molecule has 1 amide bonds. The quantitative estimate of drug-likeness (QED) is 0.636. The van der Waals surface area contributed by atoms with Gasteiger partial charge in [0.15, 0.2) is 11.6 Å². The molecule has 0 aliphatic carbocycles. The summed E-state index contributed by atoms with van der Waals surface area (Å²) in [6.07, 6.45) is 0.625. The molecule has 0 fully saturated rings. The Labute approximate surface area is 109 Å². The zero-order valence-corrected chi connectivity index (χ0v) is 10.5. The highest BCUT2D eigenvalue weighted by molar-refractivity contribution is 5.94. The van der Waals surface area contributed by atoms with E-state index < -0.39 is 17.5 Å². The van der Waals surface area contributed by atoms with Crippen LogP contribution in [0.15, 0.2) is 18.2 Å². The number of rotatable bonds is 6. The van der Waals surface area contributed by atoms with E-state index >= 15 is 0 Å². The lowest BCUT2D eigenvalue weighted by molar-refractivity contribution is -0.143. The van der Waals surface area contributed by atoms with Gasteiger partial charge in [0.2, 0.25) is 0 Å². The molecule has 0 heterocycles. The SMILES string of the molecule is CCOC(=O)CCCNC(=O)c1ccc(F)c(F)c1. The number of nitrogens with one attached hydrogen (secondary N) is 1. The van der Waals surface area contributed by atoms with Gasteiger partial charge >= 0.3 is 5.97 Å². The van der Waals surface area contributed by atoms with Gasteiger partial charge in [0, 0.05) is 18.5 Å². The minimum absolute atomic E-state index is 0.0371. The molecule has 1 rings (SSSR count). The highest BCUT2D eigenvalue weighted by Gasteiger charge is 2.09. The van der Waals surface area contributed by atoms with Crippen LogP contribution in [-0.4, -0.2) is 25.0 Å². The van der Waals surface area contributed by atoms with Crippen molar-refractivity contribution in [2.75, 3.05) is 13.2 Å². The first-order chi connectivity index (χ1) is 9.04. The zero-order chi connectivity index (χ0) is 14.3. The molecule has 0 spiro atoms. The standard InChI is InChI=1S/C13H15F2NO3/c1-2-19-12(17)4-3-7-16-13(18)9-5-6-10(14)11(15)8-9/h5-6,8H,2-4,7H2,1H3,(H,16,18). The second-order valence-electron chi connectivity index (χ2n) is 3.79. The number of benzene rings is 1. The first kappa shape index (κ1) is 15.1. The van der Waals surface area contributed by atoms with Crippen molar-refractivity contribution >= 4 is 11.9 Å². The maximum atomic E-state index is 12.9. The summed E-state index contributed by atoms with van der Waals surface area (Å²) in [5.74, 6) is -2.91. The Morgan fingerprint density at radius 3 is 2.63 bits per heavy atom. The van der Waals surface area contributed by atoms with Crippen LogP contribution < -0.4 is 5.32 Å². The predicted octanol–water partition coefficient (Wildman–Crippen LogP) is 2.04. The van der Waals surface area contributed by atoms with Crippen LogP contribution in [0.2, 0.25) is 0 Å². The number of hydrogen-bond donors (Lipinski definition) is 1. The van der Waals surface area contributed by atoms with Crippen molar-refractivity contribution in [3.05, 3.63) is 35.4 Å². The average Bonchev–Trinajstić information content (AvgIpc) is 2.38. The highest BCUT2D eigenvalue weighted by atomic mass is 19.2. The molecule has 6 heteroatoms. The predicted molar refractivity (Wildman–Crippen MR) is 64.6 cm³/mol. The topological polar surface area (TPSA) is 55.4 Å². The fraction of sp³-hybridized carbons (Fsp3) is 0.385. The Balaban J connectivity index is 2.35. The lowest BCUT2D eigenvalue weighted by Crippen LogP contribution is -2.25. The third kappa shape index (κ3) is 5.03. The molecule has 0 unspecified atom stereocenters. The van der Waals surface area contributed by atoms with Gasteiger partial charge in [0.1, 0.15) is 0 Å². The Morgan fingerprint density at radius 2 is 2.00 bits per heavy atom. The molecule has 19 heavy (non-hydrogen) atoms. The molecule has 1 N–H and O–H groups in total. The molecule has 0 saturated heterocycles. The van der Waals surface area contributed by atoms with Crippen molar-refractivity contribution in [2.24, 2.45) is 0 Å². The maximum absolute atomic E-state index is 12.9. The molecule has 0 aromatic heterocycles. The van der Waals surface area contributed by atoms with Crippen LogP contribution in [-0.2, 0) is 9.53 Å². The van der Waals surface area contributed by atoms with Gasteiger partial charge < -0.3 is 10.1 Å². The van der Waals surface area contributed by atoms with Gasteiger partial charge in [-0.1, -0.05) is 0 Å². The largest absolute Gasteiger partial charge is 0.466 e. The van der Waals surface area contributed by atoms with Crippen molar-refractivity contribution < 1.29 is 23.1 Å². The minimum Gasteiger partial charge on any atom is -0.466 e. The molecule has 104 valence electrons. The fourth-order valence-electron chi connectivity index (χ4n) is 1.41. The summed E-state index contributed by atoms with van der Waals surface area (Å²) in [4.78, 5) is 22.6. The van der Waals surface area contributed by atoms with Crippen LogP contribution in [0, 0.1) is 11.6 Å². The van der Waals surface area contributed by atoms with Gasteiger partial charge in [0.25, 0.3) is 5.91 Å². The monoisotopic (exact) mass is 271 g/mol. The number of ether oxygens (including phenoxy) is 1. The third-order valence-electron chi connectivity index (χ3n) is 2.33. The summed E-state index contributed by atoms with van der Waals surface area (Å²) in [7, 11) is 0. The third-order valence-corrected chi connectivity index (χ3v) is 2.33. The normalized spacial score (nSPS) is 10.1. The van der Waals surface area contributed by atoms with Crippen LogP contribution in [0.3, 0.4) is 0 Å². The van der Waals surface area contributed by atoms with Crippen molar-refractivity contribution in [1.29, 1.82) is 0 Å². The molecule has 0 aliphatic rings. The Bertz CT molecular complexity index is 463. The summed E-state index contributed by atoms with van der Waals surface area (Å²) in [6.45, 7) is 2.29. The van der Waals surface area contributed by atoms with E-state index in [1.165, 1.54) is 6.07 Å². The molecule has 1 aromatic carbocycles. The summed E-state index contributed by atoms with van der Waals surface area (Å²) in [6, 6.07) is 2.91. The van der Waals surface area contributed by atoms with Gasteiger partial charge in [-0.05, 0) is 31.5 Å². The van der Waals surface area contributed by atoms with Crippen molar-refractivity contribution in [3.8, 4) is 0 Å². The van der Waals surface area contributed by atoms with Gasteiger partial charge in [-0.15, -0.1) is 0 Å². The van der Waals surface area contributed by atoms with E-state index in [4.69, 9.17) is 4.74 Å². The van der Waals surface area contributed by atoms with E-state index in [0.29, 0.717) is 13.0 Å². The number of esters is 1. The number of carbonyl (C=O) groups excluding carboxylic acids is 2. The Morgan fingerprint density at radius 1 is 1.26 bits per heavy atom. The van der Waals surface area contributed by atoms with Crippen molar-refractivity contribution in [2.45, 2.75) is 19.8 Å². The lowest BCUT2D eigenvalue weighted by atomic mass is 10.2. The highest BCUT2D eigenvalue weighted by Crippen LogP contribution is 2.08. The second kappa shape index (κ2) is 7.45. The fourth-order valence-corrected chi connectivity index (χ4v) is 1.41. The summed E-state index contributed by atoms with van der Waals surface area (Å²) >= 11 is 0. The molecule has 4 nitrogen and oxygen atoms in total. The van der Waals surface area contributed by atoms with Crippen LogP contribution in [0.5, 0.6) is 0 Å². The molecular weight excluding hydrogens is 256 g/mol. The van der Waals surface area contributed by atoms with E-state index in [2.05, 4.69) is 5.32 Å². The Hall–Kier alpha value is -1.98. The van der Waals surface area contributed by atoms with Gasteiger partial charge in [-0.3, -0.25) is 9.59 Å². The van der Waals surface area contributed by atoms with E-state index in [1.54, 1.807) is 6.92 Å². The summed E-state index contributed by atoms with van der Waals surface area (Å²) < 4.78 is 30.3. The van der Waals surface area contributed by atoms with E-state index in [1.807, 2.05) is 0 Å². The van der Waals surface area contributed by atoms with Crippen LogP contribution in [0.25, 0.3) is 0 Å². The van der Waals surface area contributed by atoms with Crippen LogP contribution in [0.4, 0.5) is 8.78 Å². The molecule has 0 bridgehead atoms. The number of hydrogen-bond acceptors (Lipinski definition) is 3. The average molecular weight is 271 g/mol. The molecule has 1 aromatic rings. The van der Waals surface area contributed by atoms with Crippen molar-refractivity contribution in [3.63, 3.8) is 0 Å². The van der Waals surface area contributed by atoms with Gasteiger partial charge in [0.05, 0.1) is 6.61 Å². The van der Waals surface area contributed by atoms with E-state index in [-0.39, 0.29) is 24.5 Å². The number of halogens is 2. The van der Waals surface area contributed by atoms with Gasteiger partial charge in [-0.2, -0.15) is 0 Å². The van der Waals surface area contributed by atoms with Crippen molar-refractivity contribution in [1.82, 2.24) is 5.32 Å². The maximum Gasteiger partial charge on any atom is 0.305 e. The van der Waals surface area contributed by atoms with Gasteiger partial charge in [-0.25, -0.2) is 8.78 Å². The molecular formula is C13H15F2NO3. The molecule has 0 atom stereocenters. The smallest absolute Gasteiger partial charge is 0.305 e. The lowest BCUT2D eigenvalue weighted by Gasteiger charge is -2.05. The number of amides is 1. The first-order valence-corrected chi connectivity index (χ1v) is 5.93. The summed E-state index contributed by atoms with van der Waals surface area (Å²) in [5, 5.41) is 2.51. The first-order valence-electron chi connectivity index (χ1n) is 5.93. The van der Waals surface area contributed by atoms with E-state index in [0.717, 1.165) is 12.1 Å². The van der Waals surface area contributed by atoms with E-state index in [9.17, 15) is 18.4 Å². The molecule has 0 radical (unpaired) electrons.